The number of aryl methyl sites for hydroxylation is 1. The van der Waals surface area contributed by atoms with Crippen molar-refractivity contribution in [2.75, 3.05) is 19.7 Å². The fourth-order valence-electron chi connectivity index (χ4n) is 5.31. The van der Waals surface area contributed by atoms with Crippen LogP contribution in [0, 0.1) is 11.7 Å². The van der Waals surface area contributed by atoms with Crippen molar-refractivity contribution in [3.63, 3.8) is 0 Å². The number of halogens is 2. The zero-order valence-corrected chi connectivity index (χ0v) is 23.8. The Hall–Kier alpha value is -2.55. The van der Waals surface area contributed by atoms with Crippen LogP contribution in [0.3, 0.4) is 0 Å². The van der Waals surface area contributed by atoms with Crippen LogP contribution in [0.25, 0.3) is 6.08 Å². The quantitative estimate of drug-likeness (QED) is 0.247. The number of carbonyl (C=O) groups excluding carboxylic acids is 1. The van der Waals surface area contributed by atoms with Crippen molar-refractivity contribution < 1.29 is 13.9 Å². The second kappa shape index (κ2) is 13.5. The Balaban J connectivity index is 1.52. The number of piperidine rings is 1. The molecule has 2 fully saturated rings. The Labute approximate surface area is 233 Å². The van der Waals surface area contributed by atoms with Crippen LogP contribution in [-0.2, 0) is 17.6 Å². The number of hydrogen-bond acceptors (Lipinski definition) is 4. The first-order chi connectivity index (χ1) is 18.4. The van der Waals surface area contributed by atoms with Crippen LogP contribution in [0.4, 0.5) is 4.39 Å². The predicted molar refractivity (Wildman–Crippen MR) is 155 cm³/mol. The van der Waals surface area contributed by atoms with E-state index in [1.54, 1.807) is 12.1 Å². The molecule has 4 N–H and O–H groups in total. The normalized spacial score (nSPS) is 17.6. The highest BCUT2D eigenvalue weighted by Gasteiger charge is 2.29. The van der Waals surface area contributed by atoms with E-state index in [1.165, 1.54) is 35.6 Å². The fourth-order valence-corrected chi connectivity index (χ4v) is 5.83. The number of rotatable bonds is 10. The molecule has 38 heavy (non-hydrogen) atoms. The van der Waals surface area contributed by atoms with Crippen molar-refractivity contribution in [1.82, 2.24) is 10.6 Å². The number of hydrogen-bond donors (Lipinski definition) is 3. The van der Waals surface area contributed by atoms with Crippen LogP contribution < -0.4 is 16.4 Å². The average molecular weight is 586 g/mol. The predicted octanol–water partition coefficient (Wildman–Crippen LogP) is 5.69. The number of benzene rings is 2. The van der Waals surface area contributed by atoms with Crippen molar-refractivity contribution in [3.05, 3.63) is 74.5 Å². The van der Waals surface area contributed by atoms with E-state index >= 15 is 4.39 Å². The van der Waals surface area contributed by atoms with Crippen LogP contribution in [0.15, 0.2) is 45.9 Å². The van der Waals surface area contributed by atoms with E-state index in [1.807, 2.05) is 19.9 Å². The smallest absolute Gasteiger partial charge is 0.258 e. The maximum absolute atomic E-state index is 15.1. The Morgan fingerprint density at radius 2 is 2.03 bits per heavy atom. The molecule has 204 valence electrons. The average Bonchev–Trinajstić information content (AvgIpc) is 3.73. The highest BCUT2D eigenvalue weighted by Crippen LogP contribution is 2.45. The summed E-state index contributed by atoms with van der Waals surface area (Å²) in [5, 5.41) is 6.01. The van der Waals surface area contributed by atoms with Gasteiger partial charge in [0, 0.05) is 28.1 Å². The number of nitrogens with two attached hydrogens (primary N) is 1. The minimum Gasteiger partial charge on any atom is -0.370 e. The van der Waals surface area contributed by atoms with Crippen LogP contribution >= 0.6 is 15.9 Å². The highest BCUT2D eigenvalue weighted by atomic mass is 79.9. The molecular formula is C30H38BrFN4O2. The molecule has 0 spiro atoms. The maximum atomic E-state index is 15.1. The number of amides is 1. The van der Waals surface area contributed by atoms with Gasteiger partial charge in [0.15, 0.2) is 12.2 Å². The molecular weight excluding hydrogens is 547 g/mol. The van der Waals surface area contributed by atoms with Gasteiger partial charge >= 0.3 is 0 Å². The summed E-state index contributed by atoms with van der Waals surface area (Å²) in [6.45, 7) is 6.23. The molecule has 1 unspecified atom stereocenters. The first-order valence-electron chi connectivity index (χ1n) is 13.6. The van der Waals surface area contributed by atoms with Crippen LogP contribution in [0.1, 0.15) is 78.1 Å². The molecule has 0 aromatic heterocycles. The van der Waals surface area contributed by atoms with E-state index in [2.05, 4.69) is 49.8 Å². The number of aliphatic imine (C=N–C) groups is 1. The van der Waals surface area contributed by atoms with Gasteiger partial charge in [0.1, 0.15) is 5.82 Å². The minimum absolute atomic E-state index is 0.0128. The van der Waals surface area contributed by atoms with E-state index in [0.717, 1.165) is 30.4 Å². The third kappa shape index (κ3) is 7.30. The summed E-state index contributed by atoms with van der Waals surface area (Å²) < 4.78 is 21.9. The summed E-state index contributed by atoms with van der Waals surface area (Å²) in [7, 11) is 0. The van der Waals surface area contributed by atoms with Gasteiger partial charge in [-0.2, -0.15) is 0 Å². The van der Waals surface area contributed by atoms with Crippen LogP contribution in [0.5, 0.6) is 0 Å². The van der Waals surface area contributed by atoms with Gasteiger partial charge in [0.05, 0.1) is 0 Å². The molecule has 1 heterocycles. The van der Waals surface area contributed by atoms with Gasteiger partial charge in [-0.05, 0) is 112 Å². The van der Waals surface area contributed by atoms with Gasteiger partial charge in [0.25, 0.3) is 5.91 Å². The molecule has 1 saturated heterocycles. The summed E-state index contributed by atoms with van der Waals surface area (Å²) in [6, 6.07) is 8.86. The van der Waals surface area contributed by atoms with E-state index in [0.29, 0.717) is 30.9 Å². The lowest BCUT2D eigenvalue weighted by molar-refractivity contribution is 0.0158. The molecule has 8 heteroatoms. The summed E-state index contributed by atoms with van der Waals surface area (Å²) in [6.07, 6.45) is 8.98. The summed E-state index contributed by atoms with van der Waals surface area (Å²) in [5.74, 6) is -0.0999. The maximum Gasteiger partial charge on any atom is 0.258 e. The lowest BCUT2D eigenvalue weighted by Gasteiger charge is -2.28. The van der Waals surface area contributed by atoms with Gasteiger partial charge in [-0.3, -0.25) is 10.1 Å². The molecule has 2 aromatic rings. The Morgan fingerprint density at radius 3 is 2.71 bits per heavy atom. The lowest BCUT2D eigenvalue weighted by Crippen LogP contribution is -2.41. The lowest BCUT2D eigenvalue weighted by atomic mass is 9.91. The molecule has 1 amide bonds. The largest absolute Gasteiger partial charge is 0.370 e. The fraction of sp³-hybridized carbons (Fsp3) is 0.467. The molecule has 1 saturated carbocycles. The number of nitrogens with zero attached hydrogens (tertiary/aromatic N) is 1. The summed E-state index contributed by atoms with van der Waals surface area (Å²) in [5.41, 5.74) is 10.5. The topological polar surface area (TPSA) is 88.7 Å². The van der Waals surface area contributed by atoms with E-state index in [-0.39, 0.29) is 17.4 Å². The van der Waals surface area contributed by atoms with Gasteiger partial charge < -0.3 is 15.8 Å². The van der Waals surface area contributed by atoms with Crippen molar-refractivity contribution in [2.24, 2.45) is 16.6 Å². The Morgan fingerprint density at radius 1 is 1.26 bits per heavy atom. The number of nitrogens with one attached hydrogen (secondary N) is 2. The SMILES string of the molecule is C/C=C\c1cc(Br)cc(CCc2c(F)cccc2C(=O)N/C(N)=N/C(OCC)C2CCNCC2)c1C1CC1. The zero-order valence-electron chi connectivity index (χ0n) is 22.2. The molecule has 1 aliphatic carbocycles. The number of guanidine groups is 1. The van der Waals surface area contributed by atoms with Gasteiger partial charge in [-0.25, -0.2) is 9.38 Å². The minimum atomic E-state index is -0.465. The van der Waals surface area contributed by atoms with Crippen molar-refractivity contribution in [2.45, 2.75) is 64.5 Å². The molecule has 2 aromatic carbocycles. The molecule has 6 nitrogen and oxygen atoms in total. The molecule has 0 bridgehead atoms. The standard InChI is InChI=1S/C30H38BrFN4O2/c1-3-6-21-17-23(31)18-22(27(21)19-9-10-19)11-12-24-25(7-5-8-26(24)32)28(37)35-30(33)36-29(38-4-2)20-13-15-34-16-14-20/h3,5-8,17-20,29,34H,4,9-16H2,1-2H3,(H3,33,35,36,37)/b6-3-. The van der Waals surface area contributed by atoms with Gasteiger partial charge in [-0.15, -0.1) is 0 Å². The van der Waals surface area contributed by atoms with Crippen molar-refractivity contribution in [1.29, 1.82) is 0 Å². The van der Waals surface area contributed by atoms with Gasteiger partial charge in [0.2, 0.25) is 0 Å². The van der Waals surface area contributed by atoms with Crippen molar-refractivity contribution in [3.8, 4) is 0 Å². The molecule has 2 aliphatic rings. The van der Waals surface area contributed by atoms with E-state index in [4.69, 9.17) is 10.5 Å². The third-order valence-electron chi connectivity index (χ3n) is 7.23. The second-order valence-corrected chi connectivity index (χ2v) is 10.9. The number of allylic oxidation sites excluding steroid dienone is 1. The van der Waals surface area contributed by atoms with Crippen LogP contribution in [-0.4, -0.2) is 37.8 Å². The van der Waals surface area contributed by atoms with E-state index in [9.17, 15) is 4.79 Å². The summed E-state index contributed by atoms with van der Waals surface area (Å²) in [4.78, 5) is 17.7. The van der Waals surface area contributed by atoms with E-state index < -0.39 is 18.0 Å². The molecule has 1 aliphatic heterocycles. The molecule has 1 atom stereocenters. The number of carbonyl (C=O) groups is 1. The monoisotopic (exact) mass is 584 g/mol. The number of ether oxygens (including phenoxy) is 1. The molecule has 4 rings (SSSR count). The first-order valence-corrected chi connectivity index (χ1v) is 14.4. The van der Waals surface area contributed by atoms with Crippen molar-refractivity contribution >= 4 is 33.9 Å². The van der Waals surface area contributed by atoms with Crippen LogP contribution in [0.2, 0.25) is 0 Å². The Bertz CT molecular complexity index is 1190. The first kappa shape index (κ1) is 28.5. The third-order valence-corrected chi connectivity index (χ3v) is 7.69. The highest BCUT2D eigenvalue weighted by molar-refractivity contribution is 9.10. The Kier molecular flexibility index (Phi) is 10.1. The van der Waals surface area contributed by atoms with Gasteiger partial charge in [-0.1, -0.05) is 34.1 Å². The second-order valence-electron chi connectivity index (χ2n) is 10.0. The molecule has 0 radical (unpaired) electrons. The zero-order chi connectivity index (χ0) is 27.1. The summed E-state index contributed by atoms with van der Waals surface area (Å²) >= 11 is 3.64.